The van der Waals surface area contributed by atoms with Gasteiger partial charge >= 0.3 is 6.18 Å². The molecular formula is C20H20ClF3N6O. The molecule has 7 nitrogen and oxygen atoms in total. The molecule has 1 aromatic carbocycles. The smallest absolute Gasteiger partial charge is 0.417 e. The number of benzene rings is 1. The van der Waals surface area contributed by atoms with Crippen molar-refractivity contribution >= 4 is 29.2 Å². The largest absolute Gasteiger partial charge is 0.435 e. The Balaban J connectivity index is 1.73. The second-order valence-corrected chi connectivity index (χ2v) is 7.80. The number of rotatable bonds is 3. The lowest BCUT2D eigenvalue weighted by atomic mass is 9.87. The van der Waals surface area contributed by atoms with Crippen LogP contribution in [0.15, 0.2) is 46.5 Å². The molecule has 31 heavy (non-hydrogen) atoms. The van der Waals surface area contributed by atoms with Gasteiger partial charge in [-0.15, -0.1) is 0 Å². The maximum atomic E-state index is 12.9. The molecule has 0 unspecified atom stereocenters. The van der Waals surface area contributed by atoms with E-state index in [0.717, 1.165) is 38.2 Å². The van der Waals surface area contributed by atoms with E-state index < -0.39 is 17.4 Å². The molecule has 2 aromatic rings. The van der Waals surface area contributed by atoms with Crippen LogP contribution < -0.4 is 21.1 Å². The highest BCUT2D eigenvalue weighted by atomic mass is 35.5. The van der Waals surface area contributed by atoms with Crippen molar-refractivity contribution in [2.45, 2.75) is 43.9 Å². The van der Waals surface area contributed by atoms with E-state index in [1.807, 2.05) is 0 Å². The first-order chi connectivity index (χ1) is 14.7. The SMILES string of the molecule is NC1=NC2(CCCCC2)N(c2ccccc2Oc2ncc(C(F)(F)F)cc2Cl)C(N)=N1. The number of ether oxygens (including phenoxy) is 1. The zero-order valence-electron chi connectivity index (χ0n) is 16.4. The third kappa shape index (κ3) is 4.12. The maximum Gasteiger partial charge on any atom is 0.417 e. The van der Waals surface area contributed by atoms with E-state index >= 15 is 0 Å². The number of aromatic nitrogens is 1. The lowest BCUT2D eigenvalue weighted by Crippen LogP contribution is -2.58. The van der Waals surface area contributed by atoms with E-state index in [-0.39, 0.29) is 22.8 Å². The Hall–Kier alpha value is -3.01. The van der Waals surface area contributed by atoms with Crippen LogP contribution in [-0.4, -0.2) is 22.6 Å². The Morgan fingerprint density at radius 3 is 2.48 bits per heavy atom. The standard InChI is InChI=1S/C20H20ClF3N6O/c21-13-10-12(20(22,23)24)11-27-16(13)31-15-7-3-2-6-14(15)30-18(26)28-17(25)29-19(30)8-4-1-5-9-19/h2-3,6-7,10-11H,1,4-5,8-9H2,(H4,25,26,28,29). The van der Waals surface area contributed by atoms with Gasteiger partial charge in [-0.25, -0.2) is 9.98 Å². The van der Waals surface area contributed by atoms with Crippen molar-refractivity contribution in [1.82, 2.24) is 4.98 Å². The summed E-state index contributed by atoms with van der Waals surface area (Å²) in [6.45, 7) is 0. The van der Waals surface area contributed by atoms with Gasteiger partial charge < -0.3 is 16.2 Å². The first kappa shape index (κ1) is 21.2. The van der Waals surface area contributed by atoms with Crippen LogP contribution in [-0.2, 0) is 6.18 Å². The fourth-order valence-corrected chi connectivity index (χ4v) is 4.16. The molecule has 1 fully saturated rings. The number of halogens is 4. The quantitative estimate of drug-likeness (QED) is 0.705. The van der Waals surface area contributed by atoms with Crippen molar-refractivity contribution in [1.29, 1.82) is 0 Å². The number of nitrogens with zero attached hydrogens (tertiary/aromatic N) is 4. The lowest BCUT2D eigenvalue weighted by molar-refractivity contribution is -0.137. The summed E-state index contributed by atoms with van der Waals surface area (Å²) in [6.07, 6.45) is 0.511. The number of pyridine rings is 1. The van der Waals surface area contributed by atoms with Gasteiger partial charge in [0.05, 0.1) is 11.3 Å². The van der Waals surface area contributed by atoms with Crippen molar-refractivity contribution in [3.8, 4) is 11.6 Å². The van der Waals surface area contributed by atoms with Gasteiger partial charge in [0.1, 0.15) is 10.7 Å². The summed E-state index contributed by atoms with van der Waals surface area (Å²) in [4.78, 5) is 14.3. The molecule has 4 N–H and O–H groups in total. The third-order valence-electron chi connectivity index (χ3n) is 5.30. The number of guanidine groups is 2. The zero-order valence-corrected chi connectivity index (χ0v) is 17.1. The number of anilines is 1. The highest BCUT2D eigenvalue weighted by Gasteiger charge is 2.43. The number of hydrogen-bond donors (Lipinski definition) is 2. The van der Waals surface area contributed by atoms with Crippen LogP contribution in [0.3, 0.4) is 0 Å². The second kappa shape index (κ2) is 7.92. The Labute approximate surface area is 181 Å². The van der Waals surface area contributed by atoms with Gasteiger partial charge in [-0.3, -0.25) is 4.90 Å². The second-order valence-electron chi connectivity index (χ2n) is 7.40. The van der Waals surface area contributed by atoms with Gasteiger partial charge in [-0.05, 0) is 43.9 Å². The van der Waals surface area contributed by atoms with Crippen LogP contribution in [0.25, 0.3) is 0 Å². The van der Waals surface area contributed by atoms with E-state index in [9.17, 15) is 13.2 Å². The Morgan fingerprint density at radius 2 is 1.81 bits per heavy atom. The Kier molecular flexibility index (Phi) is 5.42. The number of hydrogen-bond acceptors (Lipinski definition) is 7. The minimum absolute atomic E-state index is 0.113. The van der Waals surface area contributed by atoms with Crippen LogP contribution in [0, 0.1) is 0 Å². The Morgan fingerprint density at radius 1 is 1.10 bits per heavy atom. The van der Waals surface area contributed by atoms with Crippen LogP contribution in [0.1, 0.15) is 37.7 Å². The third-order valence-corrected chi connectivity index (χ3v) is 5.57. The topological polar surface area (TPSA) is 102 Å². The summed E-state index contributed by atoms with van der Waals surface area (Å²) < 4.78 is 44.6. The van der Waals surface area contributed by atoms with Crippen molar-refractivity contribution in [2.75, 3.05) is 4.90 Å². The van der Waals surface area contributed by atoms with Crippen LogP contribution >= 0.6 is 11.6 Å². The van der Waals surface area contributed by atoms with Crippen molar-refractivity contribution in [3.05, 3.63) is 47.1 Å². The fraction of sp³-hybridized carbons (Fsp3) is 0.350. The molecule has 11 heteroatoms. The molecule has 0 amide bonds. The number of para-hydroxylation sites is 2. The molecule has 0 bridgehead atoms. The molecule has 2 aliphatic rings. The molecule has 4 rings (SSSR count). The summed E-state index contributed by atoms with van der Waals surface area (Å²) in [5.41, 5.74) is 11.0. The molecule has 1 saturated carbocycles. The first-order valence-electron chi connectivity index (χ1n) is 9.69. The minimum atomic E-state index is -4.56. The predicted molar refractivity (Wildman–Crippen MR) is 112 cm³/mol. The lowest BCUT2D eigenvalue weighted by Gasteiger charge is -2.45. The molecule has 1 aromatic heterocycles. The van der Waals surface area contributed by atoms with Crippen LogP contribution in [0.4, 0.5) is 18.9 Å². The molecule has 0 saturated heterocycles. The van der Waals surface area contributed by atoms with Gasteiger partial charge in [-0.2, -0.15) is 18.2 Å². The molecule has 1 aliphatic carbocycles. The average molecular weight is 453 g/mol. The number of aliphatic imine (C=N–C) groups is 2. The first-order valence-corrected chi connectivity index (χ1v) is 10.1. The molecule has 2 heterocycles. The number of alkyl halides is 3. The summed E-state index contributed by atoms with van der Waals surface area (Å²) in [5, 5.41) is -0.264. The van der Waals surface area contributed by atoms with Gasteiger partial charge in [-0.1, -0.05) is 30.2 Å². The van der Waals surface area contributed by atoms with Crippen molar-refractivity contribution in [3.63, 3.8) is 0 Å². The molecule has 1 aliphatic heterocycles. The summed E-state index contributed by atoms with van der Waals surface area (Å²) in [5.74, 6) is 0.421. The molecule has 0 radical (unpaired) electrons. The number of nitrogens with two attached hydrogens (primary N) is 2. The minimum Gasteiger partial charge on any atom is -0.435 e. The van der Waals surface area contributed by atoms with Gasteiger partial charge in [0.2, 0.25) is 17.8 Å². The summed E-state index contributed by atoms with van der Waals surface area (Å²) in [7, 11) is 0. The van der Waals surface area contributed by atoms with Crippen molar-refractivity contribution in [2.24, 2.45) is 21.5 Å². The van der Waals surface area contributed by atoms with E-state index in [1.54, 1.807) is 29.2 Å². The molecule has 0 atom stereocenters. The summed E-state index contributed by atoms with van der Waals surface area (Å²) >= 11 is 6.03. The maximum absolute atomic E-state index is 12.9. The highest BCUT2D eigenvalue weighted by Crippen LogP contribution is 2.44. The Bertz CT molecular complexity index is 1050. The molecular weight excluding hydrogens is 433 g/mol. The van der Waals surface area contributed by atoms with Crippen molar-refractivity contribution < 1.29 is 17.9 Å². The molecule has 1 spiro atoms. The molecule has 164 valence electrons. The predicted octanol–water partition coefficient (Wildman–Crippen LogP) is 4.66. The van der Waals surface area contributed by atoms with Gasteiger partial charge in [0.15, 0.2) is 5.75 Å². The fourth-order valence-electron chi connectivity index (χ4n) is 3.96. The average Bonchev–Trinajstić information content (AvgIpc) is 2.70. The monoisotopic (exact) mass is 452 g/mol. The van der Waals surface area contributed by atoms with E-state index in [0.29, 0.717) is 17.6 Å². The van der Waals surface area contributed by atoms with E-state index in [1.165, 1.54) is 0 Å². The van der Waals surface area contributed by atoms with Gasteiger partial charge in [0, 0.05) is 6.20 Å². The van der Waals surface area contributed by atoms with Crippen LogP contribution in [0.2, 0.25) is 5.02 Å². The van der Waals surface area contributed by atoms with Gasteiger partial charge in [0.25, 0.3) is 0 Å². The van der Waals surface area contributed by atoms with E-state index in [4.69, 9.17) is 27.8 Å². The highest BCUT2D eigenvalue weighted by molar-refractivity contribution is 6.31. The van der Waals surface area contributed by atoms with Crippen LogP contribution in [0.5, 0.6) is 11.6 Å². The zero-order chi connectivity index (χ0) is 22.2. The summed E-state index contributed by atoms with van der Waals surface area (Å²) in [6, 6.07) is 7.70. The van der Waals surface area contributed by atoms with E-state index in [2.05, 4.69) is 15.0 Å². The normalized spacial score (nSPS) is 18.5.